The fourth-order valence-electron chi connectivity index (χ4n) is 0. The Morgan fingerprint density at radius 2 is 0.250 bits per heavy atom. The number of hydrogen-bond acceptors (Lipinski definition) is 0. The molecular formula is Cl6Nd2. The molecule has 0 unspecified atom stereocenters. The van der Waals surface area contributed by atoms with Crippen molar-refractivity contribution >= 4 is 0 Å². The van der Waals surface area contributed by atoms with Crippen LogP contribution >= 0.6 is 0 Å². The molecule has 0 aromatic carbocycles. The Bertz CT molecular complexity index is 6.49. The van der Waals surface area contributed by atoms with E-state index in [1.807, 2.05) is 0 Å². The second-order valence-electron chi connectivity index (χ2n) is 0. The zero-order valence-corrected chi connectivity index (χ0v) is 14.2. The van der Waals surface area contributed by atoms with Crippen molar-refractivity contribution in [1.29, 1.82) is 0 Å². The van der Waals surface area contributed by atoms with Gasteiger partial charge in [-0.15, -0.1) is 0 Å². The van der Waals surface area contributed by atoms with Crippen LogP contribution in [0, 0.1) is 81.7 Å². The van der Waals surface area contributed by atoms with Crippen molar-refractivity contribution in [3.63, 3.8) is 0 Å². The van der Waals surface area contributed by atoms with E-state index in [4.69, 9.17) is 0 Å². The van der Waals surface area contributed by atoms with E-state index in [9.17, 15) is 0 Å². The summed E-state index contributed by atoms with van der Waals surface area (Å²) in [6, 6.07) is 0. The Labute approximate surface area is 152 Å². The zero-order valence-electron chi connectivity index (χ0n) is 3.27. The van der Waals surface area contributed by atoms with E-state index in [1.54, 1.807) is 0 Å². The molecule has 0 atom stereocenters. The van der Waals surface area contributed by atoms with Crippen molar-refractivity contribution in [2.45, 2.75) is 0 Å². The molecule has 50 valence electrons. The van der Waals surface area contributed by atoms with Gasteiger partial charge in [-0.1, -0.05) is 0 Å². The van der Waals surface area contributed by atoms with Gasteiger partial charge in [-0.25, -0.2) is 0 Å². The summed E-state index contributed by atoms with van der Waals surface area (Å²) in [6.07, 6.45) is 0. The maximum atomic E-state index is 0. The van der Waals surface area contributed by atoms with Crippen molar-refractivity contribution < 1.29 is 156 Å². The van der Waals surface area contributed by atoms with Crippen LogP contribution in [-0.4, -0.2) is 0 Å². The summed E-state index contributed by atoms with van der Waals surface area (Å²) in [4.78, 5) is 0. The molecule has 0 nitrogen and oxygen atoms in total. The van der Waals surface area contributed by atoms with Gasteiger partial charge in [0.1, 0.15) is 0 Å². The Morgan fingerprint density at radius 3 is 0.250 bits per heavy atom. The number of hydrogen-bond donors (Lipinski definition) is 0. The first-order valence-electron chi connectivity index (χ1n) is 0. The summed E-state index contributed by atoms with van der Waals surface area (Å²) >= 11 is 0. The molecule has 8 heteroatoms. The van der Waals surface area contributed by atoms with Gasteiger partial charge in [0.05, 0.1) is 0 Å². The van der Waals surface area contributed by atoms with Crippen LogP contribution in [0.15, 0.2) is 0 Å². The van der Waals surface area contributed by atoms with Crippen LogP contribution in [0.5, 0.6) is 0 Å². The maximum Gasteiger partial charge on any atom is 3.00 e. The predicted molar refractivity (Wildman–Crippen MR) is 0 cm³/mol. The largest absolute Gasteiger partial charge is 3.00 e. The van der Waals surface area contributed by atoms with Crippen LogP contribution in [0.4, 0.5) is 0 Å². The van der Waals surface area contributed by atoms with Gasteiger partial charge in [0.15, 0.2) is 0 Å². The molecule has 2 radical (unpaired) electrons. The molecule has 0 saturated heterocycles. The Hall–Kier alpha value is 4.44. The van der Waals surface area contributed by atoms with E-state index in [0.717, 1.165) is 0 Å². The Balaban J connectivity index is 0. The van der Waals surface area contributed by atoms with Crippen molar-refractivity contribution in [1.82, 2.24) is 0 Å². The van der Waals surface area contributed by atoms with Crippen molar-refractivity contribution in [3.05, 3.63) is 0 Å². The molecule has 0 aliphatic heterocycles. The molecule has 0 aromatic rings. The van der Waals surface area contributed by atoms with E-state index in [0.29, 0.717) is 0 Å². The SMILES string of the molecule is [Cl-].[Cl-].[Cl-].[Cl-].[Cl-].[Cl-].[Nd+3].[Nd+3]. The van der Waals surface area contributed by atoms with Crippen molar-refractivity contribution in [3.8, 4) is 0 Å². The molecular weight excluding hydrogens is 501 g/mol. The van der Waals surface area contributed by atoms with Crippen LogP contribution in [0.3, 0.4) is 0 Å². The van der Waals surface area contributed by atoms with Gasteiger partial charge in [-0.3, -0.25) is 0 Å². The van der Waals surface area contributed by atoms with Crippen LogP contribution in [0.2, 0.25) is 0 Å². The van der Waals surface area contributed by atoms with E-state index in [-0.39, 0.29) is 156 Å². The van der Waals surface area contributed by atoms with Gasteiger partial charge in [0.25, 0.3) is 0 Å². The molecule has 0 N–H and O–H groups in total. The molecule has 0 aliphatic rings. The molecule has 0 aromatic heterocycles. The van der Waals surface area contributed by atoms with E-state index in [2.05, 4.69) is 0 Å². The van der Waals surface area contributed by atoms with Crippen LogP contribution in [0.25, 0.3) is 0 Å². The average Bonchev–Trinajstić information content (AvgIpc) is 0. The van der Waals surface area contributed by atoms with E-state index in [1.165, 1.54) is 0 Å². The topological polar surface area (TPSA) is 0 Å². The minimum atomic E-state index is 0. The smallest absolute Gasteiger partial charge is 1.00 e. The normalized spacial score (nSPS) is 0. The first-order valence-corrected chi connectivity index (χ1v) is 0. The summed E-state index contributed by atoms with van der Waals surface area (Å²) in [7, 11) is 0. The monoisotopic (exact) mass is 494 g/mol. The van der Waals surface area contributed by atoms with Gasteiger partial charge in [0.2, 0.25) is 0 Å². The van der Waals surface area contributed by atoms with Gasteiger partial charge >= 0.3 is 81.7 Å². The molecule has 8 heavy (non-hydrogen) atoms. The molecule has 0 rings (SSSR count). The quantitative estimate of drug-likeness (QED) is 0.310. The summed E-state index contributed by atoms with van der Waals surface area (Å²) in [5, 5.41) is 0. The van der Waals surface area contributed by atoms with E-state index < -0.39 is 0 Å². The fourth-order valence-corrected chi connectivity index (χ4v) is 0. The fraction of sp³-hybridized carbons (Fsp3) is 0. The standard InChI is InChI=1S/6ClH.2Nd/h6*1H;;/q;;;;;;2*+3/p-6. The third kappa shape index (κ3) is 47.2. The second kappa shape index (κ2) is 63.2. The first kappa shape index (κ1) is 82.6. The molecule has 0 saturated carbocycles. The second-order valence-corrected chi connectivity index (χ2v) is 0. The van der Waals surface area contributed by atoms with Gasteiger partial charge in [-0.2, -0.15) is 0 Å². The summed E-state index contributed by atoms with van der Waals surface area (Å²) in [5.74, 6) is 0. The molecule has 0 fully saturated rings. The number of halogens is 6. The zero-order chi connectivity index (χ0) is 0. The first-order chi connectivity index (χ1) is 0. The van der Waals surface area contributed by atoms with Crippen LogP contribution in [0.1, 0.15) is 0 Å². The Morgan fingerprint density at radius 1 is 0.250 bits per heavy atom. The predicted octanol–water partition coefficient (Wildman–Crippen LogP) is -18.0. The maximum absolute atomic E-state index is 0. The van der Waals surface area contributed by atoms with Gasteiger partial charge < -0.3 is 74.4 Å². The third-order valence-electron chi connectivity index (χ3n) is 0. The molecule has 0 spiro atoms. The van der Waals surface area contributed by atoms with Crippen molar-refractivity contribution in [2.24, 2.45) is 0 Å². The summed E-state index contributed by atoms with van der Waals surface area (Å²) in [5.41, 5.74) is 0. The summed E-state index contributed by atoms with van der Waals surface area (Å²) in [6.45, 7) is 0. The van der Waals surface area contributed by atoms with Crippen molar-refractivity contribution in [2.75, 3.05) is 0 Å². The molecule has 0 amide bonds. The summed E-state index contributed by atoms with van der Waals surface area (Å²) < 4.78 is 0. The van der Waals surface area contributed by atoms with Gasteiger partial charge in [-0.05, 0) is 0 Å². The Kier molecular flexibility index (Phi) is 653. The van der Waals surface area contributed by atoms with Crippen LogP contribution in [-0.2, 0) is 0 Å². The average molecular weight is 501 g/mol. The minimum absolute atomic E-state index is 0. The minimum Gasteiger partial charge on any atom is -1.00 e. The van der Waals surface area contributed by atoms with Gasteiger partial charge in [0, 0.05) is 0 Å². The molecule has 0 bridgehead atoms. The third-order valence-corrected chi connectivity index (χ3v) is 0. The number of rotatable bonds is 0. The van der Waals surface area contributed by atoms with Crippen LogP contribution < -0.4 is 74.4 Å². The van der Waals surface area contributed by atoms with E-state index >= 15 is 0 Å². The molecule has 0 aliphatic carbocycles. The molecule has 0 heterocycles.